The first-order chi connectivity index (χ1) is 11.2. The fraction of sp³-hybridized carbons (Fsp3) is 0.353. The molecule has 0 atom stereocenters. The fourth-order valence-electron chi connectivity index (χ4n) is 3.10. The molecular formula is C17H19N5O. The first-order valence-electron chi connectivity index (χ1n) is 7.97. The van der Waals surface area contributed by atoms with E-state index in [0.717, 1.165) is 36.5 Å². The highest BCUT2D eigenvalue weighted by molar-refractivity contribution is 5.57. The predicted molar refractivity (Wildman–Crippen MR) is 88.3 cm³/mol. The maximum Gasteiger partial charge on any atom is 0.274 e. The van der Waals surface area contributed by atoms with Crippen LogP contribution in [0.15, 0.2) is 35.1 Å². The third-order valence-electron chi connectivity index (χ3n) is 4.26. The summed E-state index contributed by atoms with van der Waals surface area (Å²) in [6, 6.07) is 9.62. The van der Waals surface area contributed by atoms with E-state index in [9.17, 15) is 4.79 Å². The highest BCUT2D eigenvalue weighted by atomic mass is 16.1. The van der Waals surface area contributed by atoms with Gasteiger partial charge in [-0.15, -0.1) is 0 Å². The Bertz CT molecular complexity index is 905. The summed E-state index contributed by atoms with van der Waals surface area (Å²) in [5, 5.41) is 3.05. The molecule has 6 heteroatoms. The Morgan fingerprint density at radius 1 is 1.17 bits per heavy atom. The van der Waals surface area contributed by atoms with Gasteiger partial charge in [0.25, 0.3) is 11.3 Å². The van der Waals surface area contributed by atoms with Gasteiger partial charge < -0.3 is 0 Å². The Labute approximate surface area is 133 Å². The summed E-state index contributed by atoms with van der Waals surface area (Å²) in [7, 11) is 0. The largest absolute Gasteiger partial charge is 0.298 e. The van der Waals surface area contributed by atoms with Crippen molar-refractivity contribution < 1.29 is 0 Å². The number of hydrogen-bond donors (Lipinski definition) is 1. The van der Waals surface area contributed by atoms with Crippen LogP contribution < -0.4 is 5.56 Å². The van der Waals surface area contributed by atoms with Gasteiger partial charge in [-0.3, -0.25) is 14.8 Å². The first-order valence-corrected chi connectivity index (χ1v) is 7.97. The fourth-order valence-corrected chi connectivity index (χ4v) is 3.10. The van der Waals surface area contributed by atoms with Gasteiger partial charge in [0.05, 0.1) is 5.69 Å². The second-order valence-corrected chi connectivity index (χ2v) is 6.15. The summed E-state index contributed by atoms with van der Waals surface area (Å²) >= 11 is 0. The zero-order valence-corrected chi connectivity index (χ0v) is 13.1. The molecule has 1 aromatic carbocycles. The van der Waals surface area contributed by atoms with Crippen LogP contribution in [0, 0.1) is 6.92 Å². The van der Waals surface area contributed by atoms with Crippen molar-refractivity contribution in [2.24, 2.45) is 0 Å². The molecule has 2 aromatic heterocycles. The molecule has 1 fully saturated rings. The predicted octanol–water partition coefficient (Wildman–Crippen LogP) is 1.99. The van der Waals surface area contributed by atoms with E-state index in [4.69, 9.17) is 0 Å². The number of nitrogens with zero attached hydrogens (tertiary/aromatic N) is 4. The molecule has 1 aliphatic rings. The molecule has 0 aliphatic carbocycles. The maximum absolute atomic E-state index is 12.3. The van der Waals surface area contributed by atoms with Crippen molar-refractivity contribution in [3.05, 3.63) is 51.9 Å². The number of nitrogens with one attached hydrogen (secondary N) is 1. The van der Waals surface area contributed by atoms with Crippen molar-refractivity contribution in [3.63, 3.8) is 0 Å². The number of rotatable bonds is 3. The van der Waals surface area contributed by atoms with Gasteiger partial charge in [0.15, 0.2) is 5.82 Å². The summed E-state index contributed by atoms with van der Waals surface area (Å²) in [6.07, 6.45) is 2.45. The molecule has 6 nitrogen and oxygen atoms in total. The van der Waals surface area contributed by atoms with Crippen LogP contribution in [-0.2, 0) is 6.54 Å². The SMILES string of the molecule is Cc1cccc(-c2nc3nc(CN4CCCC4)cc(=O)n3[nH]2)c1. The molecule has 1 saturated heterocycles. The van der Waals surface area contributed by atoms with Crippen molar-refractivity contribution in [2.75, 3.05) is 13.1 Å². The van der Waals surface area contributed by atoms with Gasteiger partial charge >= 0.3 is 0 Å². The zero-order chi connectivity index (χ0) is 15.8. The number of fused-ring (bicyclic) bond motifs is 1. The van der Waals surface area contributed by atoms with Crippen molar-refractivity contribution in [1.29, 1.82) is 0 Å². The Morgan fingerprint density at radius 2 is 2.00 bits per heavy atom. The van der Waals surface area contributed by atoms with E-state index >= 15 is 0 Å². The van der Waals surface area contributed by atoms with Crippen LogP contribution in [0.3, 0.4) is 0 Å². The van der Waals surface area contributed by atoms with Crippen LogP contribution >= 0.6 is 0 Å². The molecule has 118 valence electrons. The van der Waals surface area contributed by atoms with E-state index in [1.54, 1.807) is 6.07 Å². The van der Waals surface area contributed by atoms with Crippen LogP contribution in [0.2, 0.25) is 0 Å². The van der Waals surface area contributed by atoms with Gasteiger partial charge in [-0.25, -0.2) is 4.98 Å². The van der Waals surface area contributed by atoms with Crippen LogP contribution in [0.5, 0.6) is 0 Å². The molecule has 0 saturated carbocycles. The summed E-state index contributed by atoms with van der Waals surface area (Å²) in [5.74, 6) is 1.10. The van der Waals surface area contributed by atoms with Crippen LogP contribution in [0.4, 0.5) is 0 Å². The lowest BCUT2D eigenvalue weighted by Gasteiger charge is -2.12. The van der Waals surface area contributed by atoms with E-state index < -0.39 is 0 Å². The normalized spacial score (nSPS) is 15.5. The number of aromatic nitrogens is 4. The van der Waals surface area contributed by atoms with Gasteiger partial charge in [-0.2, -0.15) is 9.50 Å². The molecular weight excluding hydrogens is 290 g/mol. The molecule has 0 radical (unpaired) electrons. The standard InChI is InChI=1S/C17H19N5O/c1-12-5-4-6-13(9-12)16-19-17-18-14(10-15(23)22(17)20-16)11-21-7-2-3-8-21/h4-6,9-10H,2-3,7-8,11H2,1H3,(H,18,19,20). The number of H-pyrrole nitrogens is 1. The minimum Gasteiger partial charge on any atom is -0.298 e. The lowest BCUT2D eigenvalue weighted by atomic mass is 10.1. The first kappa shape index (κ1) is 14.1. The molecule has 4 rings (SSSR count). The number of aryl methyl sites for hydroxylation is 1. The monoisotopic (exact) mass is 309 g/mol. The van der Waals surface area contributed by atoms with Crippen molar-refractivity contribution >= 4 is 5.78 Å². The molecule has 0 amide bonds. The second-order valence-electron chi connectivity index (χ2n) is 6.15. The van der Waals surface area contributed by atoms with Gasteiger partial charge in [0, 0.05) is 18.2 Å². The summed E-state index contributed by atoms with van der Waals surface area (Å²) < 4.78 is 1.41. The average Bonchev–Trinajstić information content (AvgIpc) is 3.17. The van der Waals surface area contributed by atoms with Gasteiger partial charge in [-0.05, 0) is 38.9 Å². The number of benzene rings is 1. The third kappa shape index (κ3) is 2.77. The van der Waals surface area contributed by atoms with Crippen LogP contribution in [0.1, 0.15) is 24.1 Å². The maximum atomic E-state index is 12.3. The highest BCUT2D eigenvalue weighted by Crippen LogP contribution is 2.17. The smallest absolute Gasteiger partial charge is 0.274 e. The molecule has 0 unspecified atom stereocenters. The zero-order valence-electron chi connectivity index (χ0n) is 13.1. The number of likely N-dealkylation sites (tertiary alicyclic amines) is 1. The lowest BCUT2D eigenvalue weighted by Crippen LogP contribution is -2.22. The Kier molecular flexibility index (Phi) is 3.46. The summed E-state index contributed by atoms with van der Waals surface area (Å²) in [5.41, 5.74) is 2.78. The molecule has 1 aliphatic heterocycles. The van der Waals surface area contributed by atoms with Crippen LogP contribution in [-0.4, -0.2) is 37.6 Å². The quantitative estimate of drug-likeness (QED) is 0.803. The summed E-state index contributed by atoms with van der Waals surface area (Å²) in [4.78, 5) is 23.7. The van der Waals surface area contributed by atoms with Gasteiger partial charge in [-0.1, -0.05) is 23.8 Å². The minimum atomic E-state index is -0.115. The molecule has 3 heterocycles. The van der Waals surface area contributed by atoms with E-state index in [2.05, 4.69) is 20.0 Å². The van der Waals surface area contributed by atoms with E-state index in [1.165, 1.54) is 17.4 Å². The molecule has 0 spiro atoms. The number of aromatic amines is 1. The van der Waals surface area contributed by atoms with E-state index in [1.807, 2.05) is 31.2 Å². The second kappa shape index (κ2) is 5.62. The molecule has 1 N–H and O–H groups in total. The molecule has 0 bridgehead atoms. The Hall–Kier alpha value is -2.47. The van der Waals surface area contributed by atoms with E-state index in [0.29, 0.717) is 11.6 Å². The Morgan fingerprint density at radius 3 is 2.78 bits per heavy atom. The van der Waals surface area contributed by atoms with E-state index in [-0.39, 0.29) is 5.56 Å². The van der Waals surface area contributed by atoms with Crippen molar-refractivity contribution in [1.82, 2.24) is 24.5 Å². The molecule has 23 heavy (non-hydrogen) atoms. The summed E-state index contributed by atoms with van der Waals surface area (Å²) in [6.45, 7) is 4.91. The topological polar surface area (TPSA) is 66.3 Å². The average molecular weight is 309 g/mol. The van der Waals surface area contributed by atoms with Crippen molar-refractivity contribution in [3.8, 4) is 11.4 Å². The Balaban J connectivity index is 1.73. The van der Waals surface area contributed by atoms with Crippen molar-refractivity contribution in [2.45, 2.75) is 26.3 Å². The number of hydrogen-bond acceptors (Lipinski definition) is 4. The highest BCUT2D eigenvalue weighted by Gasteiger charge is 2.15. The van der Waals surface area contributed by atoms with Gasteiger partial charge in [0.2, 0.25) is 0 Å². The van der Waals surface area contributed by atoms with Crippen LogP contribution in [0.25, 0.3) is 17.2 Å². The minimum absolute atomic E-state index is 0.115. The molecule has 3 aromatic rings. The van der Waals surface area contributed by atoms with Gasteiger partial charge in [0.1, 0.15) is 0 Å². The lowest BCUT2D eigenvalue weighted by molar-refractivity contribution is 0.327. The third-order valence-corrected chi connectivity index (χ3v) is 4.26.